The quantitative estimate of drug-likeness (QED) is 0.770. The largest absolute Gasteiger partial charge is 0.444 e. The lowest BCUT2D eigenvalue weighted by molar-refractivity contribution is -0.0949. The van der Waals surface area contributed by atoms with Crippen molar-refractivity contribution in [3.63, 3.8) is 0 Å². The van der Waals surface area contributed by atoms with E-state index in [0.717, 1.165) is 43.4 Å². The van der Waals surface area contributed by atoms with Gasteiger partial charge in [0.15, 0.2) is 0 Å². The van der Waals surface area contributed by atoms with Crippen molar-refractivity contribution in [1.29, 1.82) is 0 Å². The molecule has 2 heterocycles. The van der Waals surface area contributed by atoms with Crippen LogP contribution in [0.1, 0.15) is 39.3 Å². The Morgan fingerprint density at radius 1 is 1.32 bits per heavy atom. The van der Waals surface area contributed by atoms with Crippen LogP contribution in [0.2, 0.25) is 0 Å². The third kappa shape index (κ3) is 4.25. The van der Waals surface area contributed by atoms with Crippen LogP contribution in [0.3, 0.4) is 0 Å². The molecule has 25 heavy (non-hydrogen) atoms. The molecule has 0 atom stereocenters. The standard InChI is InChI=1S/C19H29N2O3P/c1-18(2,3)24-17(22)21-12-19(13-21)9-14(10-19)8-15-6-7-16(11-20-15)25(4,5)23/h6-7,11,14H,8-10,12-13H2,1-5H3. The highest BCUT2D eigenvalue weighted by Gasteiger charge is 2.54. The van der Waals surface area contributed by atoms with Gasteiger partial charge in [0, 0.05) is 35.7 Å². The van der Waals surface area contributed by atoms with E-state index < -0.39 is 12.7 Å². The lowest BCUT2D eigenvalue weighted by atomic mass is 9.57. The average Bonchev–Trinajstić information content (AvgIpc) is 2.37. The molecule has 0 bridgehead atoms. The number of hydrogen-bond acceptors (Lipinski definition) is 4. The van der Waals surface area contributed by atoms with Crippen molar-refractivity contribution in [3.05, 3.63) is 24.0 Å². The fourth-order valence-corrected chi connectivity index (χ4v) is 4.71. The summed E-state index contributed by atoms with van der Waals surface area (Å²) in [5, 5.41) is 0.841. The fraction of sp³-hybridized carbons (Fsp3) is 0.684. The molecule has 1 aromatic heterocycles. The maximum Gasteiger partial charge on any atom is 0.410 e. The van der Waals surface area contributed by atoms with Crippen molar-refractivity contribution >= 4 is 18.5 Å². The molecule has 1 aliphatic carbocycles. The van der Waals surface area contributed by atoms with Gasteiger partial charge in [0.2, 0.25) is 0 Å². The first kappa shape index (κ1) is 18.4. The van der Waals surface area contributed by atoms with Crippen LogP contribution in [0.5, 0.6) is 0 Å². The number of hydrogen-bond donors (Lipinski definition) is 0. The molecule has 0 radical (unpaired) electrons. The summed E-state index contributed by atoms with van der Waals surface area (Å²) >= 11 is 0. The van der Waals surface area contributed by atoms with E-state index in [1.54, 1.807) is 19.5 Å². The van der Waals surface area contributed by atoms with Gasteiger partial charge in [0.05, 0.1) is 0 Å². The molecule has 1 spiro atoms. The van der Waals surface area contributed by atoms with Crippen LogP contribution in [0.15, 0.2) is 18.3 Å². The molecule has 3 rings (SSSR count). The van der Waals surface area contributed by atoms with Gasteiger partial charge in [-0.2, -0.15) is 0 Å². The number of carbonyl (C=O) groups excluding carboxylic acids is 1. The molecule has 2 aliphatic rings. The van der Waals surface area contributed by atoms with E-state index >= 15 is 0 Å². The average molecular weight is 364 g/mol. The number of likely N-dealkylation sites (tertiary alicyclic amines) is 1. The second kappa shape index (κ2) is 6.12. The van der Waals surface area contributed by atoms with Gasteiger partial charge in [-0.1, -0.05) is 0 Å². The molecule has 1 saturated carbocycles. The van der Waals surface area contributed by atoms with Gasteiger partial charge in [0.25, 0.3) is 0 Å². The molecule has 1 amide bonds. The highest BCUT2D eigenvalue weighted by Crippen LogP contribution is 2.53. The van der Waals surface area contributed by atoms with Crippen molar-refractivity contribution < 1.29 is 14.1 Å². The number of amides is 1. The normalized spacial score (nSPS) is 20.1. The molecule has 0 aromatic carbocycles. The Bertz CT molecular complexity index is 688. The zero-order valence-corrected chi connectivity index (χ0v) is 16.8. The molecule has 2 fully saturated rings. The number of carbonyl (C=O) groups is 1. The Morgan fingerprint density at radius 2 is 1.96 bits per heavy atom. The maximum atomic E-state index is 12.0. The summed E-state index contributed by atoms with van der Waals surface area (Å²) in [5.41, 5.74) is 0.950. The monoisotopic (exact) mass is 364 g/mol. The lowest BCUT2D eigenvalue weighted by Gasteiger charge is -2.58. The zero-order chi connectivity index (χ0) is 18.5. The molecule has 5 nitrogen and oxygen atoms in total. The summed E-state index contributed by atoms with van der Waals surface area (Å²) in [6.07, 6.45) is 4.83. The summed E-state index contributed by atoms with van der Waals surface area (Å²) in [6, 6.07) is 3.96. The Kier molecular flexibility index (Phi) is 4.51. The van der Waals surface area contributed by atoms with E-state index in [1.165, 1.54) is 0 Å². The van der Waals surface area contributed by atoms with Crippen LogP contribution < -0.4 is 5.30 Å². The Labute approximate surface area is 150 Å². The molecular formula is C19H29N2O3P. The first-order valence-electron chi connectivity index (χ1n) is 8.94. The lowest BCUT2D eigenvalue weighted by Crippen LogP contribution is -2.64. The van der Waals surface area contributed by atoms with Crippen molar-refractivity contribution in [2.75, 3.05) is 26.4 Å². The van der Waals surface area contributed by atoms with Gasteiger partial charge in [-0.15, -0.1) is 0 Å². The molecule has 1 saturated heterocycles. The molecule has 0 unspecified atom stereocenters. The number of aromatic nitrogens is 1. The topological polar surface area (TPSA) is 59.5 Å². The number of rotatable bonds is 3. The highest BCUT2D eigenvalue weighted by molar-refractivity contribution is 7.70. The van der Waals surface area contributed by atoms with Gasteiger partial charge < -0.3 is 14.2 Å². The van der Waals surface area contributed by atoms with Gasteiger partial charge in [-0.25, -0.2) is 4.79 Å². The van der Waals surface area contributed by atoms with E-state index in [-0.39, 0.29) is 6.09 Å². The van der Waals surface area contributed by atoms with Crippen molar-refractivity contribution in [3.8, 4) is 0 Å². The summed E-state index contributed by atoms with van der Waals surface area (Å²) in [5.74, 6) is 0.634. The minimum absolute atomic E-state index is 0.192. The van der Waals surface area contributed by atoms with Crippen LogP contribution in [0.25, 0.3) is 0 Å². The Balaban J connectivity index is 1.45. The highest BCUT2D eigenvalue weighted by atomic mass is 31.2. The predicted octanol–water partition coefficient (Wildman–Crippen LogP) is 3.52. The number of ether oxygens (including phenoxy) is 1. The Morgan fingerprint density at radius 3 is 2.44 bits per heavy atom. The van der Waals surface area contributed by atoms with Crippen LogP contribution in [0.4, 0.5) is 4.79 Å². The minimum atomic E-state index is -2.23. The summed E-state index contributed by atoms with van der Waals surface area (Å²) in [6.45, 7) is 10.9. The van der Waals surface area contributed by atoms with Crippen LogP contribution >= 0.6 is 7.14 Å². The number of nitrogens with zero attached hydrogens (tertiary/aromatic N) is 2. The van der Waals surface area contributed by atoms with E-state index in [0.29, 0.717) is 11.3 Å². The van der Waals surface area contributed by atoms with E-state index in [1.807, 2.05) is 37.8 Å². The van der Waals surface area contributed by atoms with Crippen LogP contribution in [0, 0.1) is 11.3 Å². The molecular weight excluding hydrogens is 335 g/mol. The summed E-state index contributed by atoms with van der Waals surface area (Å²) in [7, 11) is -2.23. The second-order valence-corrected chi connectivity index (χ2v) is 12.4. The predicted molar refractivity (Wildman–Crippen MR) is 100.0 cm³/mol. The molecule has 1 aromatic rings. The maximum absolute atomic E-state index is 12.0. The van der Waals surface area contributed by atoms with E-state index in [9.17, 15) is 9.36 Å². The zero-order valence-electron chi connectivity index (χ0n) is 15.9. The van der Waals surface area contributed by atoms with Crippen LogP contribution in [-0.4, -0.2) is 48.0 Å². The van der Waals surface area contributed by atoms with Crippen molar-refractivity contribution in [2.24, 2.45) is 11.3 Å². The van der Waals surface area contributed by atoms with Gasteiger partial charge in [-0.05, 0) is 71.4 Å². The second-order valence-electron chi connectivity index (χ2n) is 9.17. The molecule has 138 valence electrons. The fourth-order valence-electron chi connectivity index (χ4n) is 3.94. The van der Waals surface area contributed by atoms with Gasteiger partial charge in [0.1, 0.15) is 12.7 Å². The van der Waals surface area contributed by atoms with E-state index in [2.05, 4.69) is 4.98 Å². The van der Waals surface area contributed by atoms with Gasteiger partial charge >= 0.3 is 6.09 Å². The molecule has 0 N–H and O–H groups in total. The van der Waals surface area contributed by atoms with Gasteiger partial charge in [-0.3, -0.25) is 4.98 Å². The van der Waals surface area contributed by atoms with Crippen molar-refractivity contribution in [2.45, 2.75) is 45.6 Å². The Hall–Kier alpha value is -1.35. The third-order valence-corrected chi connectivity index (χ3v) is 6.58. The van der Waals surface area contributed by atoms with Crippen LogP contribution in [-0.2, 0) is 15.7 Å². The van der Waals surface area contributed by atoms with Crippen molar-refractivity contribution in [1.82, 2.24) is 9.88 Å². The first-order chi connectivity index (χ1) is 11.5. The minimum Gasteiger partial charge on any atom is -0.444 e. The third-order valence-electron chi connectivity index (χ3n) is 5.08. The first-order valence-corrected chi connectivity index (χ1v) is 11.5. The summed E-state index contributed by atoms with van der Waals surface area (Å²) in [4.78, 5) is 18.3. The SMILES string of the molecule is CC(C)(C)OC(=O)N1CC2(CC(Cc3ccc(P(C)(C)=O)cn3)C2)C1. The molecule has 1 aliphatic heterocycles. The summed E-state index contributed by atoms with van der Waals surface area (Å²) < 4.78 is 17.5. The molecule has 6 heteroatoms. The van der Waals surface area contributed by atoms with E-state index in [4.69, 9.17) is 4.74 Å². The number of pyridine rings is 1. The smallest absolute Gasteiger partial charge is 0.410 e.